The fourth-order valence-corrected chi connectivity index (χ4v) is 3.14. The molecular formula is C23H42O2Si. The Morgan fingerprint density at radius 3 is 1.81 bits per heavy atom. The van der Waals surface area contributed by atoms with Gasteiger partial charge >= 0.3 is 0 Å². The zero-order chi connectivity index (χ0) is 19.9. The summed E-state index contributed by atoms with van der Waals surface area (Å²) in [4.78, 5) is 0. The van der Waals surface area contributed by atoms with Gasteiger partial charge in [-0.1, -0.05) is 63.3 Å². The first-order chi connectivity index (χ1) is 12.2. The van der Waals surface area contributed by atoms with Crippen LogP contribution in [-0.2, 0) is 4.43 Å². The highest BCUT2D eigenvalue weighted by Gasteiger charge is 2.36. The van der Waals surface area contributed by atoms with Crippen molar-refractivity contribution in [3.8, 4) is 0 Å². The van der Waals surface area contributed by atoms with Crippen LogP contribution in [0.1, 0.15) is 65.7 Å². The molecule has 0 aliphatic carbocycles. The van der Waals surface area contributed by atoms with Gasteiger partial charge in [-0.3, -0.25) is 0 Å². The van der Waals surface area contributed by atoms with E-state index in [1.165, 1.54) is 0 Å². The van der Waals surface area contributed by atoms with Crippen LogP contribution in [0.15, 0.2) is 49.1 Å². The summed E-state index contributed by atoms with van der Waals surface area (Å²) in [6.07, 6.45) is 21.6. The maximum atomic E-state index is 9.32. The zero-order valence-corrected chi connectivity index (χ0v) is 18.8. The molecule has 0 amide bonds. The largest absolute Gasteiger partial charge is 0.417 e. The molecular weight excluding hydrogens is 336 g/mol. The summed E-state index contributed by atoms with van der Waals surface area (Å²) in [6.45, 7) is 15.9. The number of rotatable bonds is 14. The van der Waals surface area contributed by atoms with Gasteiger partial charge in [-0.05, 0) is 63.1 Å². The van der Waals surface area contributed by atoms with Crippen LogP contribution in [0.25, 0.3) is 0 Å². The molecule has 1 N–H and O–H groups in total. The van der Waals surface area contributed by atoms with Gasteiger partial charge in [-0.15, -0.1) is 6.58 Å². The van der Waals surface area contributed by atoms with Gasteiger partial charge < -0.3 is 9.53 Å². The number of unbranched alkanes of at least 4 members (excludes halogenated alkanes) is 3. The molecule has 0 radical (unpaired) electrons. The SMILES string of the molecule is C=CC(O)C/C=C/CC/C=C/CC/C=C/CCCO[Si](C)(C)C(C)(C)C. The number of aliphatic hydroxyl groups excluding tert-OH is 1. The average molecular weight is 379 g/mol. The highest BCUT2D eigenvalue weighted by molar-refractivity contribution is 6.74. The molecule has 0 fully saturated rings. The third-order valence-electron chi connectivity index (χ3n) is 4.93. The lowest BCUT2D eigenvalue weighted by Gasteiger charge is -2.36. The van der Waals surface area contributed by atoms with Crippen LogP contribution in [0, 0.1) is 0 Å². The van der Waals surface area contributed by atoms with E-state index in [1.807, 2.05) is 6.08 Å². The fraction of sp³-hybridized carbons (Fsp3) is 0.652. The Bertz CT molecular complexity index is 442. The molecule has 3 heteroatoms. The molecule has 26 heavy (non-hydrogen) atoms. The van der Waals surface area contributed by atoms with Gasteiger partial charge in [0.05, 0.1) is 6.10 Å². The van der Waals surface area contributed by atoms with Crippen LogP contribution in [0.3, 0.4) is 0 Å². The second-order valence-electron chi connectivity index (χ2n) is 8.36. The molecule has 0 saturated carbocycles. The minimum absolute atomic E-state index is 0.303. The zero-order valence-electron chi connectivity index (χ0n) is 17.8. The molecule has 0 saturated heterocycles. The van der Waals surface area contributed by atoms with Gasteiger partial charge in [0.25, 0.3) is 0 Å². The molecule has 0 aromatic carbocycles. The van der Waals surface area contributed by atoms with Crippen LogP contribution >= 0.6 is 0 Å². The molecule has 1 unspecified atom stereocenters. The Labute approximate surface area is 163 Å². The summed E-state index contributed by atoms with van der Waals surface area (Å²) >= 11 is 0. The summed E-state index contributed by atoms with van der Waals surface area (Å²) in [6, 6.07) is 0. The van der Waals surface area contributed by atoms with E-state index in [4.69, 9.17) is 4.43 Å². The van der Waals surface area contributed by atoms with Crippen molar-refractivity contribution >= 4 is 8.32 Å². The normalized spacial score (nSPS) is 14.7. The number of hydrogen-bond donors (Lipinski definition) is 1. The Morgan fingerprint density at radius 1 is 0.885 bits per heavy atom. The van der Waals surface area contributed by atoms with Crippen molar-refractivity contribution in [2.45, 2.75) is 90.0 Å². The van der Waals surface area contributed by atoms with E-state index in [9.17, 15) is 5.11 Å². The minimum Gasteiger partial charge on any atom is -0.417 e. The van der Waals surface area contributed by atoms with Crippen molar-refractivity contribution in [2.24, 2.45) is 0 Å². The van der Waals surface area contributed by atoms with Gasteiger partial charge in [0.15, 0.2) is 8.32 Å². The second-order valence-corrected chi connectivity index (χ2v) is 13.2. The average Bonchev–Trinajstić information content (AvgIpc) is 2.56. The Morgan fingerprint density at radius 2 is 1.35 bits per heavy atom. The second kappa shape index (κ2) is 14.2. The number of aliphatic hydroxyl groups is 1. The van der Waals surface area contributed by atoms with Gasteiger partial charge in [-0.25, -0.2) is 0 Å². The van der Waals surface area contributed by atoms with E-state index in [-0.39, 0.29) is 0 Å². The molecule has 1 atom stereocenters. The van der Waals surface area contributed by atoms with Crippen molar-refractivity contribution in [3.63, 3.8) is 0 Å². The first kappa shape index (κ1) is 25.1. The molecule has 0 bridgehead atoms. The van der Waals surface area contributed by atoms with E-state index >= 15 is 0 Å². The van der Waals surface area contributed by atoms with E-state index in [1.54, 1.807) is 6.08 Å². The lowest BCUT2D eigenvalue weighted by atomic mass is 10.2. The molecule has 150 valence electrons. The summed E-state index contributed by atoms with van der Waals surface area (Å²) < 4.78 is 6.18. The van der Waals surface area contributed by atoms with E-state index in [0.717, 1.165) is 45.1 Å². The predicted molar refractivity (Wildman–Crippen MR) is 119 cm³/mol. The molecule has 0 aromatic rings. The van der Waals surface area contributed by atoms with Gasteiger partial charge in [0, 0.05) is 6.61 Å². The number of hydrogen-bond acceptors (Lipinski definition) is 2. The minimum atomic E-state index is -1.57. The maximum absolute atomic E-state index is 9.32. The maximum Gasteiger partial charge on any atom is 0.191 e. The topological polar surface area (TPSA) is 29.5 Å². The van der Waals surface area contributed by atoms with Crippen LogP contribution in [-0.4, -0.2) is 26.1 Å². The van der Waals surface area contributed by atoms with Crippen LogP contribution < -0.4 is 0 Å². The van der Waals surface area contributed by atoms with Crippen molar-refractivity contribution in [1.82, 2.24) is 0 Å². The lowest BCUT2D eigenvalue weighted by Crippen LogP contribution is -2.40. The molecule has 0 rings (SSSR count). The summed E-state index contributed by atoms with van der Waals surface area (Å²) in [5.74, 6) is 0. The van der Waals surface area contributed by atoms with E-state index in [2.05, 4.69) is 70.8 Å². The van der Waals surface area contributed by atoms with Crippen LogP contribution in [0.4, 0.5) is 0 Å². The first-order valence-corrected chi connectivity index (χ1v) is 13.0. The van der Waals surface area contributed by atoms with E-state index in [0.29, 0.717) is 11.5 Å². The fourth-order valence-electron chi connectivity index (χ4n) is 2.05. The van der Waals surface area contributed by atoms with Crippen molar-refractivity contribution < 1.29 is 9.53 Å². The molecule has 0 heterocycles. The van der Waals surface area contributed by atoms with Crippen LogP contribution in [0.5, 0.6) is 0 Å². The summed E-state index contributed by atoms with van der Waals surface area (Å²) in [5.41, 5.74) is 0. The third-order valence-corrected chi connectivity index (χ3v) is 9.47. The Balaban J connectivity index is 3.58. The lowest BCUT2D eigenvalue weighted by molar-refractivity contribution is 0.227. The third kappa shape index (κ3) is 13.3. The highest BCUT2D eigenvalue weighted by atomic mass is 28.4. The summed E-state index contributed by atoms with van der Waals surface area (Å²) in [7, 11) is -1.57. The standard InChI is InChI=1S/C23H42O2Si/c1-7-22(24)20-18-16-14-12-10-8-9-11-13-15-17-19-21-25-26(5,6)23(2,3)4/h7-8,10,13,15-16,18,22,24H,1,9,11-12,14,17,19-21H2,2-6H3/b10-8+,15-13+,18-16+. The van der Waals surface area contributed by atoms with Crippen molar-refractivity contribution in [2.75, 3.05) is 6.61 Å². The molecule has 0 aliphatic rings. The molecule has 0 spiro atoms. The van der Waals surface area contributed by atoms with Crippen molar-refractivity contribution in [3.05, 3.63) is 49.1 Å². The van der Waals surface area contributed by atoms with E-state index < -0.39 is 14.4 Å². The Kier molecular flexibility index (Phi) is 13.7. The molecule has 0 aromatic heterocycles. The summed E-state index contributed by atoms with van der Waals surface area (Å²) in [5, 5.41) is 9.63. The monoisotopic (exact) mass is 378 g/mol. The quantitative estimate of drug-likeness (QED) is 0.201. The molecule has 2 nitrogen and oxygen atoms in total. The highest BCUT2D eigenvalue weighted by Crippen LogP contribution is 2.36. The Hall–Kier alpha value is -0.903. The smallest absolute Gasteiger partial charge is 0.191 e. The van der Waals surface area contributed by atoms with Gasteiger partial charge in [0.2, 0.25) is 0 Å². The van der Waals surface area contributed by atoms with Gasteiger partial charge in [0.1, 0.15) is 0 Å². The van der Waals surface area contributed by atoms with Crippen molar-refractivity contribution in [1.29, 1.82) is 0 Å². The molecule has 0 aliphatic heterocycles. The first-order valence-electron chi connectivity index (χ1n) is 10.1. The van der Waals surface area contributed by atoms with Crippen LogP contribution in [0.2, 0.25) is 18.1 Å². The van der Waals surface area contributed by atoms with Gasteiger partial charge in [-0.2, -0.15) is 0 Å². The number of allylic oxidation sites excluding steroid dienone is 5. The predicted octanol–water partition coefficient (Wildman–Crippen LogP) is 6.95.